The van der Waals surface area contributed by atoms with E-state index in [1.807, 2.05) is 16.8 Å². The molecule has 0 radical (unpaired) electrons. The fraction of sp³-hybridized carbons (Fsp3) is 0.550. The van der Waals surface area contributed by atoms with Gasteiger partial charge in [-0.1, -0.05) is 0 Å². The average Bonchev–Trinajstić information content (AvgIpc) is 3.44. The minimum atomic E-state index is -0.194. The van der Waals surface area contributed by atoms with E-state index in [0.717, 1.165) is 5.56 Å². The Bertz CT molecular complexity index is 858. The second-order valence-electron chi connectivity index (χ2n) is 7.17. The van der Waals surface area contributed by atoms with Crippen LogP contribution in [-0.4, -0.2) is 71.1 Å². The Kier molecular flexibility index (Phi) is 7.56. The highest BCUT2D eigenvalue weighted by molar-refractivity contribution is 7.08. The molecule has 2 aromatic heterocycles. The maximum atomic E-state index is 12.5. The number of aryl methyl sites for hydroxylation is 1. The number of nitrogens with zero attached hydrogens (tertiary/aromatic N) is 4. The van der Waals surface area contributed by atoms with Crippen LogP contribution in [0.5, 0.6) is 0 Å². The molecule has 0 aromatic carbocycles. The summed E-state index contributed by atoms with van der Waals surface area (Å²) in [6, 6.07) is 1.89. The summed E-state index contributed by atoms with van der Waals surface area (Å²) >= 11 is 1.54. The van der Waals surface area contributed by atoms with E-state index >= 15 is 0 Å². The predicted molar refractivity (Wildman–Crippen MR) is 110 cm³/mol. The van der Waals surface area contributed by atoms with Gasteiger partial charge < -0.3 is 19.0 Å². The summed E-state index contributed by atoms with van der Waals surface area (Å²) in [4.78, 5) is 39.8. The first-order chi connectivity index (χ1) is 14.5. The number of hydrogen-bond donors (Lipinski definition) is 0. The van der Waals surface area contributed by atoms with E-state index in [1.54, 1.807) is 18.9 Å². The van der Waals surface area contributed by atoms with Gasteiger partial charge in [0.05, 0.1) is 19.1 Å². The molecule has 1 aliphatic rings. The van der Waals surface area contributed by atoms with Crippen molar-refractivity contribution >= 4 is 29.1 Å². The Hall–Kier alpha value is -2.75. The maximum absolute atomic E-state index is 12.5. The molecule has 0 N–H and O–H groups in total. The average molecular weight is 435 g/mol. The Morgan fingerprint density at radius 2 is 2.07 bits per heavy atom. The van der Waals surface area contributed by atoms with Crippen molar-refractivity contribution in [2.45, 2.75) is 32.6 Å². The summed E-state index contributed by atoms with van der Waals surface area (Å²) < 4.78 is 10.6. The van der Waals surface area contributed by atoms with Crippen molar-refractivity contribution in [1.82, 2.24) is 20.0 Å². The number of piperidine rings is 1. The van der Waals surface area contributed by atoms with Gasteiger partial charge in [0.15, 0.2) is 0 Å². The third kappa shape index (κ3) is 5.65. The molecule has 3 rings (SSSR count). The number of likely N-dealkylation sites (N-methyl/N-ethyl adjacent to an activating group) is 1. The third-order valence-electron chi connectivity index (χ3n) is 5.05. The van der Waals surface area contributed by atoms with Gasteiger partial charge in [-0.05, 0) is 31.2 Å². The molecular formula is C20H26N4O5S. The smallest absolute Gasteiger partial charge is 0.309 e. The number of carbonyl (C=O) groups is 3. The van der Waals surface area contributed by atoms with E-state index in [1.165, 1.54) is 16.2 Å². The van der Waals surface area contributed by atoms with Crippen molar-refractivity contribution in [2.75, 3.05) is 33.3 Å². The molecule has 2 amide bonds. The maximum Gasteiger partial charge on any atom is 0.309 e. The Morgan fingerprint density at radius 1 is 1.30 bits per heavy atom. The van der Waals surface area contributed by atoms with Crippen LogP contribution in [0.1, 0.15) is 32.1 Å². The molecular weight excluding hydrogens is 408 g/mol. The van der Waals surface area contributed by atoms with E-state index in [2.05, 4.69) is 10.2 Å². The Morgan fingerprint density at radius 3 is 2.73 bits per heavy atom. The van der Waals surface area contributed by atoms with Crippen molar-refractivity contribution in [2.24, 2.45) is 5.92 Å². The number of carbonyl (C=O) groups excluding carboxylic acids is 3. The van der Waals surface area contributed by atoms with Crippen molar-refractivity contribution in [3.05, 3.63) is 22.7 Å². The number of ether oxygens (including phenoxy) is 1. The lowest BCUT2D eigenvalue weighted by Crippen LogP contribution is -2.45. The Labute approximate surface area is 179 Å². The summed E-state index contributed by atoms with van der Waals surface area (Å²) in [7, 11) is 1.61. The van der Waals surface area contributed by atoms with E-state index < -0.39 is 0 Å². The van der Waals surface area contributed by atoms with Crippen LogP contribution in [-0.2, 0) is 25.5 Å². The SMILES string of the molecule is CCOC(=O)C1CCN(C(=O)CN(C)C(=O)CCc2nnc(-c3ccsc3)o2)CC1. The minimum absolute atomic E-state index is 0.00684. The van der Waals surface area contributed by atoms with Gasteiger partial charge >= 0.3 is 5.97 Å². The number of esters is 1. The molecule has 0 aliphatic carbocycles. The molecule has 1 saturated heterocycles. The summed E-state index contributed by atoms with van der Waals surface area (Å²) in [5.41, 5.74) is 0.861. The molecule has 0 unspecified atom stereocenters. The lowest BCUT2D eigenvalue weighted by atomic mass is 9.97. The quantitative estimate of drug-likeness (QED) is 0.585. The second-order valence-corrected chi connectivity index (χ2v) is 7.95. The van der Waals surface area contributed by atoms with Crippen LogP contribution in [0.2, 0.25) is 0 Å². The van der Waals surface area contributed by atoms with Gasteiger partial charge in [0, 0.05) is 43.9 Å². The van der Waals surface area contributed by atoms with Gasteiger partial charge in [-0.15, -0.1) is 10.2 Å². The fourth-order valence-corrected chi connectivity index (χ4v) is 3.91. The molecule has 9 nitrogen and oxygen atoms in total. The molecule has 1 aliphatic heterocycles. The molecule has 1 fully saturated rings. The van der Waals surface area contributed by atoms with Crippen molar-refractivity contribution in [3.8, 4) is 11.5 Å². The summed E-state index contributed by atoms with van der Waals surface area (Å²) in [6.45, 7) is 3.15. The van der Waals surface area contributed by atoms with Crippen LogP contribution in [0.15, 0.2) is 21.2 Å². The van der Waals surface area contributed by atoms with E-state index in [9.17, 15) is 14.4 Å². The third-order valence-corrected chi connectivity index (χ3v) is 5.74. The topological polar surface area (TPSA) is 106 Å². The molecule has 2 aromatic rings. The molecule has 0 saturated carbocycles. The lowest BCUT2D eigenvalue weighted by molar-refractivity contribution is -0.151. The first-order valence-electron chi connectivity index (χ1n) is 10.0. The fourth-order valence-electron chi connectivity index (χ4n) is 3.28. The first-order valence-corrected chi connectivity index (χ1v) is 11.0. The highest BCUT2D eigenvalue weighted by Gasteiger charge is 2.29. The zero-order valence-electron chi connectivity index (χ0n) is 17.2. The standard InChI is InChI=1S/C20H26N4O5S/c1-3-28-20(27)14-6-9-24(10-7-14)18(26)12-23(2)17(25)5-4-16-21-22-19(29-16)15-8-11-30-13-15/h8,11,13-14H,3-7,9-10,12H2,1-2H3. The van der Waals surface area contributed by atoms with Crippen LogP contribution in [0, 0.1) is 5.92 Å². The molecule has 10 heteroatoms. The largest absolute Gasteiger partial charge is 0.466 e. The highest BCUT2D eigenvalue weighted by Crippen LogP contribution is 2.21. The van der Waals surface area contributed by atoms with Crippen LogP contribution in [0.4, 0.5) is 0 Å². The number of aromatic nitrogens is 2. The summed E-state index contributed by atoms with van der Waals surface area (Å²) in [6.07, 6.45) is 1.68. The monoisotopic (exact) mass is 434 g/mol. The Balaban J connectivity index is 1.41. The van der Waals surface area contributed by atoms with Crippen LogP contribution < -0.4 is 0 Å². The number of amides is 2. The molecule has 3 heterocycles. The molecule has 0 spiro atoms. The summed E-state index contributed by atoms with van der Waals surface area (Å²) in [5.74, 6) is 0.200. The van der Waals surface area contributed by atoms with Gasteiger partial charge in [-0.25, -0.2) is 0 Å². The minimum Gasteiger partial charge on any atom is -0.466 e. The van der Waals surface area contributed by atoms with Gasteiger partial charge in [0.2, 0.25) is 23.6 Å². The predicted octanol–water partition coefficient (Wildman–Crippen LogP) is 1.99. The lowest BCUT2D eigenvalue weighted by Gasteiger charge is -2.32. The van der Waals surface area contributed by atoms with Crippen LogP contribution in [0.3, 0.4) is 0 Å². The van der Waals surface area contributed by atoms with Gasteiger partial charge in [0.25, 0.3) is 0 Å². The van der Waals surface area contributed by atoms with Gasteiger partial charge in [0.1, 0.15) is 0 Å². The number of thiophene rings is 1. The van der Waals surface area contributed by atoms with Crippen LogP contribution in [0.25, 0.3) is 11.5 Å². The highest BCUT2D eigenvalue weighted by atomic mass is 32.1. The van der Waals surface area contributed by atoms with Gasteiger partial charge in [-0.3, -0.25) is 14.4 Å². The molecule has 30 heavy (non-hydrogen) atoms. The van der Waals surface area contributed by atoms with Crippen molar-refractivity contribution in [1.29, 1.82) is 0 Å². The number of rotatable bonds is 8. The van der Waals surface area contributed by atoms with E-state index in [4.69, 9.17) is 9.15 Å². The van der Waals surface area contributed by atoms with Crippen LogP contribution >= 0.6 is 11.3 Å². The van der Waals surface area contributed by atoms with E-state index in [-0.39, 0.29) is 36.7 Å². The van der Waals surface area contributed by atoms with Crippen molar-refractivity contribution in [3.63, 3.8) is 0 Å². The zero-order valence-corrected chi connectivity index (χ0v) is 18.0. The van der Waals surface area contributed by atoms with Crippen molar-refractivity contribution < 1.29 is 23.5 Å². The number of hydrogen-bond acceptors (Lipinski definition) is 8. The normalized spacial score (nSPS) is 14.5. The van der Waals surface area contributed by atoms with Gasteiger partial charge in [-0.2, -0.15) is 11.3 Å². The molecule has 0 bridgehead atoms. The molecule has 0 atom stereocenters. The molecule has 162 valence electrons. The second kappa shape index (κ2) is 10.3. The first kappa shape index (κ1) is 21.9. The zero-order chi connectivity index (χ0) is 21.5. The van der Waals surface area contributed by atoms with E-state index in [0.29, 0.717) is 50.7 Å². The summed E-state index contributed by atoms with van der Waals surface area (Å²) in [5, 5.41) is 11.8. The number of likely N-dealkylation sites (tertiary alicyclic amines) is 1.